The Morgan fingerprint density at radius 3 is 2.71 bits per heavy atom. The Morgan fingerprint density at radius 2 is 2.12 bits per heavy atom. The first-order chi connectivity index (χ1) is 11.1. The summed E-state index contributed by atoms with van der Waals surface area (Å²) in [6.45, 7) is 3.77. The summed E-state index contributed by atoms with van der Waals surface area (Å²) in [4.78, 5) is 5.66. The maximum atomic E-state index is 5.24. The predicted octanol–water partition coefficient (Wildman–Crippen LogP) is 4.61. The van der Waals surface area contributed by atoms with Crippen LogP contribution in [-0.2, 0) is 6.54 Å². The Labute approximate surface area is 173 Å². The third-order valence-corrected chi connectivity index (χ3v) is 5.23. The lowest BCUT2D eigenvalue weighted by atomic mass is 10.1. The predicted molar refractivity (Wildman–Crippen MR) is 117 cm³/mol. The molecule has 24 heavy (non-hydrogen) atoms. The van der Waals surface area contributed by atoms with E-state index in [0.29, 0.717) is 12.5 Å². The lowest BCUT2D eigenvalue weighted by Crippen LogP contribution is -2.38. The fourth-order valence-electron chi connectivity index (χ4n) is 2.15. The summed E-state index contributed by atoms with van der Waals surface area (Å²) in [7, 11) is 3.45. The first kappa shape index (κ1) is 21.2. The molecule has 1 heterocycles. The van der Waals surface area contributed by atoms with E-state index < -0.39 is 0 Å². The van der Waals surface area contributed by atoms with Crippen LogP contribution in [0.5, 0.6) is 5.75 Å². The fraction of sp³-hybridized carbons (Fsp3) is 0.353. The molecule has 1 unspecified atom stereocenters. The number of guanidine groups is 1. The van der Waals surface area contributed by atoms with Crippen molar-refractivity contribution < 1.29 is 4.74 Å². The van der Waals surface area contributed by atoms with Gasteiger partial charge in [0.05, 0.1) is 11.6 Å². The number of aliphatic imine (C=N–C) groups is 1. The highest BCUT2D eigenvalue weighted by molar-refractivity contribution is 14.0. The van der Waals surface area contributed by atoms with E-state index in [-0.39, 0.29) is 24.0 Å². The van der Waals surface area contributed by atoms with Gasteiger partial charge in [-0.05, 0) is 45.1 Å². The number of thiophene rings is 1. The van der Waals surface area contributed by atoms with Crippen LogP contribution < -0.4 is 15.4 Å². The number of benzene rings is 1. The maximum absolute atomic E-state index is 5.24. The van der Waals surface area contributed by atoms with Gasteiger partial charge in [0.15, 0.2) is 5.96 Å². The molecule has 2 rings (SSSR count). The number of nitrogens with one attached hydrogen (secondary N) is 2. The molecule has 4 nitrogen and oxygen atoms in total. The molecule has 0 aliphatic rings. The van der Waals surface area contributed by atoms with Gasteiger partial charge in [-0.25, -0.2) is 0 Å². The van der Waals surface area contributed by atoms with Crippen LogP contribution >= 0.6 is 51.2 Å². The lowest BCUT2D eigenvalue weighted by molar-refractivity contribution is 0.412. The van der Waals surface area contributed by atoms with Crippen molar-refractivity contribution in [2.45, 2.75) is 19.4 Å². The van der Waals surface area contributed by atoms with E-state index in [9.17, 15) is 0 Å². The Bertz CT molecular complexity index is 649. The van der Waals surface area contributed by atoms with E-state index in [2.05, 4.69) is 56.0 Å². The molecule has 0 spiro atoms. The summed E-state index contributed by atoms with van der Waals surface area (Å²) < 4.78 is 6.20. The molecule has 0 bridgehead atoms. The van der Waals surface area contributed by atoms with E-state index >= 15 is 0 Å². The summed E-state index contributed by atoms with van der Waals surface area (Å²) >= 11 is 5.29. The van der Waals surface area contributed by atoms with Gasteiger partial charge in [0.2, 0.25) is 0 Å². The van der Waals surface area contributed by atoms with Crippen molar-refractivity contribution in [2.24, 2.45) is 4.99 Å². The molecule has 0 radical (unpaired) electrons. The molecule has 0 aliphatic heterocycles. The van der Waals surface area contributed by atoms with Crippen molar-refractivity contribution >= 4 is 57.2 Å². The molecule has 0 saturated carbocycles. The number of rotatable bonds is 6. The minimum absolute atomic E-state index is 0. The molecular weight excluding hydrogens is 501 g/mol. The zero-order valence-corrected chi connectivity index (χ0v) is 18.7. The van der Waals surface area contributed by atoms with Crippen LogP contribution in [0, 0.1) is 0 Å². The first-order valence-electron chi connectivity index (χ1n) is 7.44. The third kappa shape index (κ3) is 6.25. The zero-order chi connectivity index (χ0) is 16.7. The molecule has 0 amide bonds. The van der Waals surface area contributed by atoms with Crippen LogP contribution in [-0.4, -0.2) is 26.7 Å². The molecule has 0 saturated heterocycles. The number of methoxy groups -OCH3 is 1. The van der Waals surface area contributed by atoms with Gasteiger partial charge in [0.25, 0.3) is 0 Å². The summed E-state index contributed by atoms with van der Waals surface area (Å²) in [5, 5.41) is 8.82. The molecular formula is C17H23BrIN3OS. The van der Waals surface area contributed by atoms with Gasteiger partial charge in [-0.2, -0.15) is 0 Å². The van der Waals surface area contributed by atoms with Crippen LogP contribution in [0.2, 0.25) is 0 Å². The summed E-state index contributed by atoms with van der Waals surface area (Å²) in [5.41, 5.74) is 1.16. The van der Waals surface area contributed by atoms with Gasteiger partial charge in [-0.1, -0.05) is 19.1 Å². The van der Waals surface area contributed by atoms with Crippen molar-refractivity contribution in [1.29, 1.82) is 0 Å². The van der Waals surface area contributed by atoms with Gasteiger partial charge >= 0.3 is 0 Å². The van der Waals surface area contributed by atoms with Crippen LogP contribution in [0.1, 0.15) is 23.3 Å². The van der Waals surface area contributed by atoms with Crippen LogP contribution in [0.25, 0.3) is 0 Å². The number of hydrogen-bond donors (Lipinski definition) is 2. The van der Waals surface area contributed by atoms with Gasteiger partial charge in [-0.3, -0.25) is 4.99 Å². The van der Waals surface area contributed by atoms with Gasteiger partial charge in [-0.15, -0.1) is 35.3 Å². The first-order valence-corrected chi connectivity index (χ1v) is 9.11. The molecule has 1 aromatic carbocycles. The molecule has 1 aromatic heterocycles. The maximum Gasteiger partial charge on any atom is 0.191 e. The highest BCUT2D eigenvalue weighted by Crippen LogP contribution is 2.25. The van der Waals surface area contributed by atoms with Crippen molar-refractivity contribution in [3.05, 3.63) is 50.6 Å². The van der Waals surface area contributed by atoms with E-state index in [1.165, 1.54) is 4.88 Å². The molecule has 0 fully saturated rings. The molecule has 0 aliphatic carbocycles. The van der Waals surface area contributed by atoms with Gasteiger partial charge < -0.3 is 15.4 Å². The van der Waals surface area contributed by atoms with Crippen molar-refractivity contribution in [1.82, 2.24) is 10.6 Å². The Morgan fingerprint density at radius 1 is 1.33 bits per heavy atom. The smallest absolute Gasteiger partial charge is 0.191 e. The third-order valence-electron chi connectivity index (χ3n) is 3.50. The standard InChI is InChI=1S/C17H22BrN3OS.HI/c1-12(16-5-4-8-23-16)10-20-17(19-2)21-11-13-6-7-15(22-3)14(18)9-13;/h4-9,12H,10-11H2,1-3H3,(H2,19,20,21);1H. The SMILES string of the molecule is CN=C(NCc1ccc(OC)c(Br)c1)NCC(C)c1cccs1.I. The van der Waals surface area contributed by atoms with Crippen LogP contribution in [0.3, 0.4) is 0 Å². The minimum atomic E-state index is 0. The van der Waals surface area contributed by atoms with Crippen LogP contribution in [0.15, 0.2) is 45.2 Å². The largest absolute Gasteiger partial charge is 0.496 e. The highest BCUT2D eigenvalue weighted by atomic mass is 127. The van der Waals surface area contributed by atoms with Gasteiger partial charge in [0, 0.05) is 30.9 Å². The second-order valence-electron chi connectivity index (χ2n) is 5.19. The van der Waals surface area contributed by atoms with E-state index in [1.54, 1.807) is 25.5 Å². The molecule has 132 valence electrons. The quantitative estimate of drug-likeness (QED) is 0.330. The fourth-order valence-corrected chi connectivity index (χ4v) is 3.52. The average Bonchev–Trinajstić information content (AvgIpc) is 3.09. The van der Waals surface area contributed by atoms with E-state index in [1.807, 2.05) is 18.2 Å². The average molecular weight is 524 g/mol. The molecule has 7 heteroatoms. The number of ether oxygens (including phenoxy) is 1. The Hall–Kier alpha value is -0.800. The molecule has 1 atom stereocenters. The zero-order valence-electron chi connectivity index (χ0n) is 14.0. The van der Waals surface area contributed by atoms with Crippen LogP contribution in [0.4, 0.5) is 0 Å². The van der Waals surface area contributed by atoms with Crippen molar-refractivity contribution in [3.8, 4) is 5.75 Å². The van der Waals surface area contributed by atoms with Crippen molar-refractivity contribution in [3.63, 3.8) is 0 Å². The monoisotopic (exact) mass is 523 g/mol. The Kier molecular flexibility index (Phi) is 9.68. The van der Waals surface area contributed by atoms with E-state index in [4.69, 9.17) is 4.74 Å². The number of nitrogens with zero attached hydrogens (tertiary/aromatic N) is 1. The van der Waals surface area contributed by atoms with Crippen molar-refractivity contribution in [2.75, 3.05) is 20.7 Å². The van der Waals surface area contributed by atoms with E-state index in [0.717, 1.165) is 28.3 Å². The number of hydrogen-bond acceptors (Lipinski definition) is 3. The minimum Gasteiger partial charge on any atom is -0.496 e. The second-order valence-corrected chi connectivity index (χ2v) is 7.03. The van der Waals surface area contributed by atoms with Gasteiger partial charge in [0.1, 0.15) is 5.75 Å². The normalized spacial score (nSPS) is 12.2. The second kappa shape index (κ2) is 10.9. The topological polar surface area (TPSA) is 45.7 Å². The Balaban J connectivity index is 0.00000288. The number of halogens is 2. The highest BCUT2D eigenvalue weighted by Gasteiger charge is 2.08. The summed E-state index contributed by atoms with van der Waals surface area (Å²) in [6, 6.07) is 10.3. The molecule has 2 aromatic rings. The summed E-state index contributed by atoms with van der Waals surface area (Å²) in [6.07, 6.45) is 0. The molecule has 2 N–H and O–H groups in total. The lowest BCUT2D eigenvalue weighted by Gasteiger charge is -2.15. The summed E-state index contributed by atoms with van der Waals surface area (Å²) in [5.74, 6) is 2.10.